The Morgan fingerprint density at radius 2 is 1.84 bits per heavy atom. The minimum atomic E-state index is -1.48. The molecule has 1 aliphatic rings. The minimum Gasteiger partial charge on any atom is -0.480 e. The van der Waals surface area contributed by atoms with Crippen LogP contribution in [0.5, 0.6) is 5.75 Å². The standard InChI is InChI=1S/C12H17NO6/c13-6-3-1-2-4-7(6)18-11-10(16)9(15)8(5-14)19-12(11)17/h1-4,8-12,14-17H,5,13H2/t8-,9-,10+,11-,12-/m1/s1. The fourth-order valence-corrected chi connectivity index (χ4v) is 1.93. The fourth-order valence-electron chi connectivity index (χ4n) is 1.93. The third-order valence-electron chi connectivity index (χ3n) is 3.02. The molecular weight excluding hydrogens is 254 g/mol. The molecule has 1 aromatic rings. The Balaban J connectivity index is 2.14. The quantitative estimate of drug-likeness (QED) is 0.421. The van der Waals surface area contributed by atoms with Gasteiger partial charge < -0.3 is 35.6 Å². The number of aliphatic hydroxyl groups excluding tert-OH is 4. The Hall–Kier alpha value is -1.38. The van der Waals surface area contributed by atoms with Gasteiger partial charge in [0.15, 0.2) is 12.4 Å². The topological polar surface area (TPSA) is 125 Å². The van der Waals surface area contributed by atoms with Crippen LogP contribution in [0.15, 0.2) is 24.3 Å². The molecule has 1 heterocycles. The first kappa shape index (κ1) is 14.0. The highest BCUT2D eigenvalue weighted by atomic mass is 16.7. The molecule has 0 aliphatic carbocycles. The average Bonchev–Trinajstić information content (AvgIpc) is 2.41. The van der Waals surface area contributed by atoms with Crippen molar-refractivity contribution in [3.8, 4) is 5.75 Å². The van der Waals surface area contributed by atoms with Crippen LogP contribution in [0.3, 0.4) is 0 Å². The summed E-state index contributed by atoms with van der Waals surface area (Å²) in [4.78, 5) is 0. The van der Waals surface area contributed by atoms with Gasteiger partial charge >= 0.3 is 0 Å². The SMILES string of the molecule is Nc1ccccc1O[C@@H]1[C@@H](O)[C@H](O)[C@@H](CO)O[C@H]1O. The molecule has 1 aliphatic heterocycles. The van der Waals surface area contributed by atoms with E-state index in [1.807, 2.05) is 0 Å². The van der Waals surface area contributed by atoms with Gasteiger partial charge in [0.25, 0.3) is 0 Å². The largest absolute Gasteiger partial charge is 0.480 e. The number of anilines is 1. The number of benzene rings is 1. The van der Waals surface area contributed by atoms with Gasteiger partial charge in [0, 0.05) is 0 Å². The van der Waals surface area contributed by atoms with E-state index < -0.39 is 37.3 Å². The molecule has 1 saturated heterocycles. The number of ether oxygens (including phenoxy) is 2. The molecule has 7 nitrogen and oxygen atoms in total. The summed E-state index contributed by atoms with van der Waals surface area (Å²) < 4.78 is 10.4. The van der Waals surface area contributed by atoms with Gasteiger partial charge in [-0.25, -0.2) is 0 Å². The molecule has 0 unspecified atom stereocenters. The molecule has 0 bridgehead atoms. The van der Waals surface area contributed by atoms with Crippen LogP contribution in [0, 0.1) is 0 Å². The van der Waals surface area contributed by atoms with Crippen LogP contribution in [-0.2, 0) is 4.74 Å². The van der Waals surface area contributed by atoms with E-state index in [9.17, 15) is 15.3 Å². The van der Waals surface area contributed by atoms with Crippen molar-refractivity contribution >= 4 is 5.69 Å². The zero-order valence-corrected chi connectivity index (χ0v) is 10.1. The molecule has 6 N–H and O–H groups in total. The Kier molecular flexibility index (Phi) is 4.23. The molecule has 1 fully saturated rings. The van der Waals surface area contributed by atoms with Crippen molar-refractivity contribution in [3.05, 3.63) is 24.3 Å². The second-order valence-electron chi connectivity index (χ2n) is 4.35. The lowest BCUT2D eigenvalue weighted by Gasteiger charge is -2.39. The van der Waals surface area contributed by atoms with Gasteiger partial charge in [0.1, 0.15) is 24.1 Å². The molecule has 0 aromatic heterocycles. The molecular formula is C12H17NO6. The second kappa shape index (κ2) is 5.72. The lowest BCUT2D eigenvalue weighted by molar-refractivity contribution is -0.280. The molecule has 19 heavy (non-hydrogen) atoms. The van der Waals surface area contributed by atoms with Crippen LogP contribution >= 0.6 is 0 Å². The number of nitrogen functional groups attached to an aromatic ring is 1. The predicted molar refractivity (Wildman–Crippen MR) is 65.2 cm³/mol. The van der Waals surface area contributed by atoms with Crippen molar-refractivity contribution < 1.29 is 29.9 Å². The monoisotopic (exact) mass is 271 g/mol. The van der Waals surface area contributed by atoms with E-state index in [4.69, 9.17) is 20.3 Å². The van der Waals surface area contributed by atoms with Crippen LogP contribution in [0.2, 0.25) is 0 Å². The predicted octanol–water partition coefficient (Wildman–Crippen LogP) is -1.55. The van der Waals surface area contributed by atoms with E-state index in [0.717, 1.165) is 0 Å². The zero-order chi connectivity index (χ0) is 14.0. The Bertz CT molecular complexity index is 428. The van der Waals surface area contributed by atoms with Gasteiger partial charge in [-0.05, 0) is 12.1 Å². The Morgan fingerprint density at radius 3 is 2.47 bits per heavy atom. The summed E-state index contributed by atoms with van der Waals surface area (Å²) in [6.45, 7) is -0.518. The van der Waals surface area contributed by atoms with Gasteiger partial charge in [-0.15, -0.1) is 0 Å². The van der Waals surface area contributed by atoms with Crippen LogP contribution in [0.1, 0.15) is 0 Å². The van der Waals surface area contributed by atoms with Crippen LogP contribution in [0.25, 0.3) is 0 Å². The maximum Gasteiger partial charge on any atom is 0.195 e. The van der Waals surface area contributed by atoms with Crippen LogP contribution in [-0.4, -0.2) is 57.7 Å². The van der Waals surface area contributed by atoms with E-state index in [0.29, 0.717) is 5.69 Å². The van der Waals surface area contributed by atoms with Crippen molar-refractivity contribution in [2.24, 2.45) is 0 Å². The fraction of sp³-hybridized carbons (Fsp3) is 0.500. The van der Waals surface area contributed by atoms with Gasteiger partial charge in [0.05, 0.1) is 12.3 Å². The molecule has 106 valence electrons. The highest BCUT2D eigenvalue weighted by Gasteiger charge is 2.45. The maximum atomic E-state index is 9.89. The van der Waals surface area contributed by atoms with Gasteiger partial charge in [-0.2, -0.15) is 0 Å². The average molecular weight is 271 g/mol. The zero-order valence-electron chi connectivity index (χ0n) is 10.1. The number of hydrogen-bond acceptors (Lipinski definition) is 7. The van der Waals surface area contributed by atoms with E-state index in [1.54, 1.807) is 24.3 Å². The second-order valence-corrected chi connectivity index (χ2v) is 4.35. The summed E-state index contributed by atoms with van der Waals surface area (Å²) in [6, 6.07) is 6.56. The third-order valence-corrected chi connectivity index (χ3v) is 3.02. The van der Waals surface area contributed by atoms with E-state index in [-0.39, 0.29) is 5.75 Å². The number of para-hydroxylation sites is 2. The van der Waals surface area contributed by atoms with E-state index in [2.05, 4.69) is 0 Å². The number of hydrogen-bond donors (Lipinski definition) is 5. The summed E-state index contributed by atoms with van der Waals surface area (Å²) in [5.41, 5.74) is 6.02. The first-order valence-corrected chi connectivity index (χ1v) is 5.86. The highest BCUT2D eigenvalue weighted by Crippen LogP contribution is 2.27. The first-order valence-electron chi connectivity index (χ1n) is 5.86. The number of nitrogens with two attached hydrogens (primary N) is 1. The van der Waals surface area contributed by atoms with Gasteiger partial charge in [-0.1, -0.05) is 12.1 Å². The van der Waals surface area contributed by atoms with Gasteiger partial charge in [-0.3, -0.25) is 0 Å². The smallest absolute Gasteiger partial charge is 0.195 e. The van der Waals surface area contributed by atoms with E-state index >= 15 is 0 Å². The summed E-state index contributed by atoms with van der Waals surface area (Å²) in [5, 5.41) is 38.3. The minimum absolute atomic E-state index is 0.267. The normalized spacial score (nSPS) is 35.1. The van der Waals surface area contributed by atoms with Gasteiger partial charge in [0.2, 0.25) is 0 Å². The van der Waals surface area contributed by atoms with Crippen molar-refractivity contribution in [3.63, 3.8) is 0 Å². The van der Waals surface area contributed by atoms with Crippen molar-refractivity contribution in [1.29, 1.82) is 0 Å². The van der Waals surface area contributed by atoms with Crippen molar-refractivity contribution in [2.45, 2.75) is 30.7 Å². The van der Waals surface area contributed by atoms with Crippen LogP contribution < -0.4 is 10.5 Å². The highest BCUT2D eigenvalue weighted by molar-refractivity contribution is 5.51. The maximum absolute atomic E-state index is 9.89. The van der Waals surface area contributed by atoms with E-state index in [1.165, 1.54) is 0 Å². The molecule has 0 amide bonds. The summed E-state index contributed by atoms with van der Waals surface area (Å²) >= 11 is 0. The lowest BCUT2D eigenvalue weighted by Crippen LogP contribution is -2.60. The summed E-state index contributed by atoms with van der Waals surface area (Å²) in [6.07, 6.45) is -6.49. The molecule has 5 atom stereocenters. The molecule has 1 aromatic carbocycles. The van der Waals surface area contributed by atoms with Crippen LogP contribution in [0.4, 0.5) is 5.69 Å². The number of aliphatic hydroxyl groups is 4. The summed E-state index contributed by atoms with van der Waals surface area (Å²) in [5.74, 6) is 0.267. The molecule has 7 heteroatoms. The Labute approximate surface area is 109 Å². The number of rotatable bonds is 3. The Morgan fingerprint density at radius 1 is 1.16 bits per heavy atom. The summed E-state index contributed by atoms with van der Waals surface area (Å²) in [7, 11) is 0. The lowest BCUT2D eigenvalue weighted by atomic mass is 9.99. The van der Waals surface area contributed by atoms with Crippen molar-refractivity contribution in [2.75, 3.05) is 12.3 Å². The molecule has 2 rings (SSSR count). The molecule has 0 radical (unpaired) electrons. The first-order chi connectivity index (χ1) is 9.04. The third kappa shape index (κ3) is 2.80. The molecule has 0 saturated carbocycles. The molecule has 0 spiro atoms. The van der Waals surface area contributed by atoms with Crippen molar-refractivity contribution in [1.82, 2.24) is 0 Å².